The van der Waals surface area contributed by atoms with Crippen LogP contribution in [-0.4, -0.2) is 27.2 Å². The van der Waals surface area contributed by atoms with Crippen molar-refractivity contribution in [3.63, 3.8) is 0 Å². The van der Waals surface area contributed by atoms with Crippen LogP contribution in [0.3, 0.4) is 0 Å². The number of carbonyl (C=O) groups is 2. The highest BCUT2D eigenvalue weighted by Gasteiger charge is 2.15. The molecule has 0 fully saturated rings. The van der Waals surface area contributed by atoms with Crippen molar-refractivity contribution in [2.24, 2.45) is 0 Å². The summed E-state index contributed by atoms with van der Waals surface area (Å²) < 4.78 is 14.8. The number of hydrogen-bond donors (Lipinski definition) is 1. The number of nitrogens with one attached hydrogen (secondary N) is 1. The topological polar surface area (TPSA) is 81.2 Å². The molecule has 0 aliphatic heterocycles. The van der Waals surface area contributed by atoms with E-state index in [1.807, 2.05) is 0 Å². The van der Waals surface area contributed by atoms with Crippen LogP contribution in [0.2, 0.25) is 0 Å². The molecule has 1 amide bonds. The minimum absolute atomic E-state index is 0.375. The number of hydrogen-bond acceptors (Lipinski definition) is 7. The number of fused-ring (bicyclic) bond motifs is 1. The Morgan fingerprint density at radius 3 is 2.83 bits per heavy atom. The molecule has 0 unspecified atom stereocenters. The summed E-state index contributed by atoms with van der Waals surface area (Å²) in [5.74, 6) is -0.987. The monoisotopic (exact) mass is 475 g/mol. The second kappa shape index (κ2) is 7.04. The fourth-order valence-corrected chi connectivity index (χ4v) is 4.22. The predicted octanol–water partition coefficient (Wildman–Crippen LogP) is 4.07. The zero-order chi connectivity index (χ0) is 16.4. The lowest BCUT2D eigenvalue weighted by Crippen LogP contribution is -2.20. The van der Waals surface area contributed by atoms with Gasteiger partial charge in [0.25, 0.3) is 5.91 Å². The Labute approximate surface area is 155 Å². The maximum Gasteiger partial charge on any atom is 0.348 e. The number of rotatable bonds is 4. The number of aromatic nitrogens is 2. The van der Waals surface area contributed by atoms with E-state index in [0.717, 1.165) is 20.0 Å². The molecule has 6 nitrogen and oxygen atoms in total. The highest BCUT2D eigenvalue weighted by Crippen LogP contribution is 2.32. The quantitative estimate of drug-likeness (QED) is 0.574. The van der Waals surface area contributed by atoms with Gasteiger partial charge in [-0.15, -0.1) is 11.3 Å². The van der Waals surface area contributed by atoms with Gasteiger partial charge in [0.15, 0.2) is 6.61 Å². The molecule has 2 aromatic heterocycles. The molecule has 0 aliphatic rings. The second-order valence-electron chi connectivity index (χ2n) is 4.29. The standard InChI is InChI=1S/C13H7Br2N3O3S2/c14-6-4-9(22-12(6)15)13(20)21-5-10(19)16-7-2-1-3-8-11(7)18-23-17-8/h1-4H,5H2,(H,16,19). The summed E-state index contributed by atoms with van der Waals surface area (Å²) in [6.07, 6.45) is 0. The smallest absolute Gasteiger partial charge is 0.348 e. The Kier molecular flexibility index (Phi) is 5.05. The minimum atomic E-state index is -0.551. The zero-order valence-electron chi connectivity index (χ0n) is 11.2. The van der Waals surface area contributed by atoms with Crippen molar-refractivity contribution >= 4 is 83.5 Å². The maximum atomic E-state index is 11.9. The van der Waals surface area contributed by atoms with Gasteiger partial charge in [-0.25, -0.2) is 4.79 Å². The van der Waals surface area contributed by atoms with Gasteiger partial charge in [-0.05, 0) is 50.1 Å². The third-order valence-corrected chi connectivity index (χ3v) is 6.52. The molecule has 0 saturated carbocycles. The number of carbonyl (C=O) groups excluding carboxylic acids is 2. The van der Waals surface area contributed by atoms with Gasteiger partial charge in [0, 0.05) is 4.47 Å². The molecule has 10 heteroatoms. The summed E-state index contributed by atoms with van der Waals surface area (Å²) in [6.45, 7) is -0.375. The number of nitrogens with zero attached hydrogens (tertiary/aromatic N) is 2. The van der Waals surface area contributed by atoms with Gasteiger partial charge in [-0.3, -0.25) is 4.79 Å². The van der Waals surface area contributed by atoms with Crippen LogP contribution in [0, 0.1) is 0 Å². The van der Waals surface area contributed by atoms with Gasteiger partial charge < -0.3 is 10.1 Å². The first-order valence-electron chi connectivity index (χ1n) is 6.17. The highest BCUT2D eigenvalue weighted by molar-refractivity contribution is 9.13. The van der Waals surface area contributed by atoms with Gasteiger partial charge in [-0.1, -0.05) is 6.07 Å². The fourth-order valence-electron chi connectivity index (χ4n) is 1.74. The van der Waals surface area contributed by atoms with Crippen LogP contribution in [0.25, 0.3) is 11.0 Å². The van der Waals surface area contributed by atoms with Gasteiger partial charge >= 0.3 is 5.97 Å². The Balaban J connectivity index is 1.61. The average molecular weight is 477 g/mol. The third kappa shape index (κ3) is 3.77. The number of esters is 1. The number of anilines is 1. The van der Waals surface area contributed by atoms with E-state index in [-0.39, 0.29) is 6.61 Å². The van der Waals surface area contributed by atoms with Gasteiger partial charge in [-0.2, -0.15) is 8.75 Å². The molecule has 0 aliphatic carbocycles. The largest absolute Gasteiger partial charge is 0.451 e. The van der Waals surface area contributed by atoms with Crippen LogP contribution in [0.1, 0.15) is 9.67 Å². The Morgan fingerprint density at radius 1 is 1.26 bits per heavy atom. The van der Waals surface area contributed by atoms with E-state index in [2.05, 4.69) is 45.9 Å². The minimum Gasteiger partial charge on any atom is -0.451 e. The number of amides is 1. The van der Waals surface area contributed by atoms with Crippen LogP contribution in [0.4, 0.5) is 5.69 Å². The SMILES string of the molecule is O=C(COC(=O)c1cc(Br)c(Br)s1)Nc1cccc2nsnc12. The Bertz CT molecular complexity index is 874. The summed E-state index contributed by atoms with van der Waals surface area (Å²) in [5, 5.41) is 2.67. The van der Waals surface area contributed by atoms with Gasteiger partial charge in [0.05, 0.1) is 21.2 Å². The van der Waals surface area contributed by atoms with Crippen molar-refractivity contribution in [3.8, 4) is 0 Å². The predicted molar refractivity (Wildman–Crippen MR) is 96.0 cm³/mol. The van der Waals surface area contributed by atoms with E-state index in [9.17, 15) is 9.59 Å². The second-order valence-corrected chi connectivity index (χ2v) is 8.05. The number of ether oxygens (including phenoxy) is 1. The molecule has 0 atom stereocenters. The van der Waals surface area contributed by atoms with Crippen molar-refractivity contribution < 1.29 is 14.3 Å². The number of benzene rings is 1. The fraction of sp³-hybridized carbons (Fsp3) is 0.0769. The first-order valence-corrected chi connectivity index (χ1v) is 9.31. The molecular formula is C13H7Br2N3O3S2. The van der Waals surface area contributed by atoms with Gasteiger partial charge in [0.1, 0.15) is 15.9 Å². The molecule has 23 heavy (non-hydrogen) atoms. The van der Waals surface area contributed by atoms with Crippen molar-refractivity contribution in [2.45, 2.75) is 0 Å². The molecule has 1 N–H and O–H groups in total. The molecule has 118 valence electrons. The Morgan fingerprint density at radius 2 is 2.09 bits per heavy atom. The zero-order valence-corrected chi connectivity index (χ0v) is 16.0. The summed E-state index contributed by atoms with van der Waals surface area (Å²) in [6, 6.07) is 6.93. The molecular weight excluding hydrogens is 470 g/mol. The van der Waals surface area contributed by atoms with Crippen LogP contribution in [0.15, 0.2) is 32.5 Å². The molecule has 3 rings (SSSR count). The highest BCUT2D eigenvalue weighted by atomic mass is 79.9. The van der Waals surface area contributed by atoms with Crippen molar-refractivity contribution in [2.75, 3.05) is 11.9 Å². The molecule has 0 radical (unpaired) electrons. The number of thiophene rings is 1. The van der Waals surface area contributed by atoms with Crippen LogP contribution >= 0.6 is 54.9 Å². The molecule has 3 aromatic rings. The van der Waals surface area contributed by atoms with E-state index in [4.69, 9.17) is 4.74 Å². The van der Waals surface area contributed by atoms with E-state index in [0.29, 0.717) is 21.6 Å². The lowest BCUT2D eigenvalue weighted by atomic mass is 10.2. The lowest BCUT2D eigenvalue weighted by molar-refractivity contribution is -0.119. The lowest BCUT2D eigenvalue weighted by Gasteiger charge is -2.06. The summed E-state index contributed by atoms with van der Waals surface area (Å²) in [4.78, 5) is 24.2. The molecule has 0 bridgehead atoms. The van der Waals surface area contributed by atoms with E-state index in [1.54, 1.807) is 24.3 Å². The van der Waals surface area contributed by atoms with Crippen LogP contribution in [-0.2, 0) is 9.53 Å². The first kappa shape index (κ1) is 16.5. The molecule has 1 aromatic carbocycles. The number of halogens is 2. The third-order valence-electron chi connectivity index (χ3n) is 2.74. The van der Waals surface area contributed by atoms with Crippen molar-refractivity contribution in [1.82, 2.24) is 8.75 Å². The van der Waals surface area contributed by atoms with Crippen LogP contribution in [0.5, 0.6) is 0 Å². The normalized spacial score (nSPS) is 10.7. The Hall–Kier alpha value is -1.36. The molecule has 0 saturated heterocycles. The summed E-state index contributed by atoms with van der Waals surface area (Å²) in [5.41, 5.74) is 1.86. The van der Waals surface area contributed by atoms with E-state index >= 15 is 0 Å². The van der Waals surface area contributed by atoms with Crippen molar-refractivity contribution in [3.05, 3.63) is 37.4 Å². The average Bonchev–Trinajstić information content (AvgIpc) is 3.13. The van der Waals surface area contributed by atoms with E-state index < -0.39 is 11.9 Å². The summed E-state index contributed by atoms with van der Waals surface area (Å²) in [7, 11) is 0. The van der Waals surface area contributed by atoms with Crippen LogP contribution < -0.4 is 5.32 Å². The maximum absolute atomic E-state index is 11.9. The van der Waals surface area contributed by atoms with E-state index in [1.165, 1.54) is 11.3 Å². The van der Waals surface area contributed by atoms with Crippen molar-refractivity contribution in [1.29, 1.82) is 0 Å². The molecule has 2 heterocycles. The van der Waals surface area contributed by atoms with Gasteiger partial charge in [0.2, 0.25) is 0 Å². The first-order chi connectivity index (χ1) is 11.0. The molecule has 0 spiro atoms. The summed E-state index contributed by atoms with van der Waals surface area (Å²) >= 11 is 8.89.